The maximum absolute atomic E-state index is 5.95. The Hall–Kier alpha value is -1.71. The number of guanidine groups is 1. The van der Waals surface area contributed by atoms with Gasteiger partial charge in [0.1, 0.15) is 0 Å². The predicted molar refractivity (Wildman–Crippen MR) is 81.9 cm³/mol. The van der Waals surface area contributed by atoms with E-state index in [-0.39, 0.29) is 0 Å². The molecular weight excluding hydrogens is 236 g/mol. The molecule has 0 bridgehead atoms. The molecule has 0 saturated carbocycles. The molecule has 0 aromatic heterocycles. The van der Waals surface area contributed by atoms with E-state index in [1.807, 2.05) is 6.92 Å². The third-order valence-electron chi connectivity index (χ3n) is 3.84. The number of nitrogens with two attached hydrogens (primary N) is 1. The van der Waals surface area contributed by atoms with Crippen molar-refractivity contribution in [2.24, 2.45) is 10.7 Å². The Kier molecular flexibility index (Phi) is 4.30. The Bertz CT molecular complexity index is 459. The van der Waals surface area contributed by atoms with Gasteiger partial charge in [0.25, 0.3) is 0 Å². The zero-order valence-corrected chi connectivity index (χ0v) is 12.2. The van der Waals surface area contributed by atoms with E-state index in [4.69, 9.17) is 5.73 Å². The molecule has 19 heavy (non-hydrogen) atoms. The van der Waals surface area contributed by atoms with Crippen molar-refractivity contribution < 1.29 is 0 Å². The van der Waals surface area contributed by atoms with Crippen molar-refractivity contribution in [1.82, 2.24) is 4.90 Å². The van der Waals surface area contributed by atoms with Crippen LogP contribution in [-0.2, 0) is 0 Å². The number of aryl methyl sites for hydroxylation is 1. The summed E-state index contributed by atoms with van der Waals surface area (Å²) in [6.07, 6.45) is 0. The fourth-order valence-electron chi connectivity index (χ4n) is 2.52. The minimum atomic E-state index is 0.683. The van der Waals surface area contributed by atoms with E-state index < -0.39 is 0 Å². The van der Waals surface area contributed by atoms with E-state index in [9.17, 15) is 0 Å². The number of piperazine rings is 1. The summed E-state index contributed by atoms with van der Waals surface area (Å²) in [6.45, 7) is 11.0. The number of aliphatic imine (C=N–C) groups is 1. The SMILES string of the molecule is CCN=C(N)N1CCN(c2cccc(C)c2C)CC1. The average molecular weight is 260 g/mol. The number of hydrogen-bond donors (Lipinski definition) is 1. The zero-order valence-electron chi connectivity index (χ0n) is 12.2. The van der Waals surface area contributed by atoms with Gasteiger partial charge in [-0.2, -0.15) is 0 Å². The molecule has 2 N–H and O–H groups in total. The second-order valence-electron chi connectivity index (χ2n) is 5.03. The molecule has 0 amide bonds. The van der Waals surface area contributed by atoms with Gasteiger partial charge < -0.3 is 15.5 Å². The molecule has 0 radical (unpaired) electrons. The van der Waals surface area contributed by atoms with Crippen LogP contribution in [0.4, 0.5) is 5.69 Å². The summed E-state index contributed by atoms with van der Waals surface area (Å²) in [5.74, 6) is 0.683. The quantitative estimate of drug-likeness (QED) is 0.651. The van der Waals surface area contributed by atoms with Crippen LogP contribution < -0.4 is 10.6 Å². The van der Waals surface area contributed by atoms with Gasteiger partial charge in [-0.15, -0.1) is 0 Å². The number of hydrogen-bond acceptors (Lipinski definition) is 2. The maximum Gasteiger partial charge on any atom is 0.191 e. The van der Waals surface area contributed by atoms with Crippen LogP contribution in [0.3, 0.4) is 0 Å². The monoisotopic (exact) mass is 260 g/mol. The smallest absolute Gasteiger partial charge is 0.191 e. The van der Waals surface area contributed by atoms with Crippen molar-refractivity contribution in [2.75, 3.05) is 37.6 Å². The van der Waals surface area contributed by atoms with Crippen LogP contribution in [0.25, 0.3) is 0 Å². The van der Waals surface area contributed by atoms with E-state index in [0.717, 1.165) is 32.7 Å². The average Bonchev–Trinajstić information content (AvgIpc) is 2.42. The summed E-state index contributed by atoms with van der Waals surface area (Å²) >= 11 is 0. The lowest BCUT2D eigenvalue weighted by atomic mass is 10.1. The molecule has 1 saturated heterocycles. The molecule has 1 aromatic rings. The van der Waals surface area contributed by atoms with Gasteiger partial charge in [0, 0.05) is 38.4 Å². The van der Waals surface area contributed by atoms with E-state index in [1.165, 1.54) is 16.8 Å². The Morgan fingerprint density at radius 2 is 1.89 bits per heavy atom. The summed E-state index contributed by atoms with van der Waals surface area (Å²) in [4.78, 5) is 8.89. The molecule has 0 aliphatic carbocycles. The highest BCUT2D eigenvalue weighted by Crippen LogP contribution is 2.23. The van der Waals surface area contributed by atoms with Crippen molar-refractivity contribution in [1.29, 1.82) is 0 Å². The molecule has 0 atom stereocenters. The largest absolute Gasteiger partial charge is 0.370 e. The van der Waals surface area contributed by atoms with Crippen molar-refractivity contribution in [3.05, 3.63) is 29.3 Å². The maximum atomic E-state index is 5.95. The van der Waals surface area contributed by atoms with Gasteiger partial charge in [-0.25, -0.2) is 0 Å². The zero-order chi connectivity index (χ0) is 13.8. The topological polar surface area (TPSA) is 44.9 Å². The van der Waals surface area contributed by atoms with Gasteiger partial charge in [-0.3, -0.25) is 4.99 Å². The van der Waals surface area contributed by atoms with Crippen LogP contribution in [0.1, 0.15) is 18.1 Å². The summed E-state index contributed by atoms with van der Waals surface area (Å²) in [6, 6.07) is 6.51. The van der Waals surface area contributed by atoms with Crippen LogP contribution in [0.5, 0.6) is 0 Å². The number of anilines is 1. The van der Waals surface area contributed by atoms with E-state index >= 15 is 0 Å². The molecule has 1 fully saturated rings. The molecule has 0 unspecified atom stereocenters. The molecule has 104 valence electrons. The standard InChI is InChI=1S/C15H24N4/c1-4-17-15(16)19-10-8-18(9-11-19)14-7-5-6-12(2)13(14)3/h5-7H,4,8-11H2,1-3H3,(H2,16,17). The molecule has 1 aromatic carbocycles. The predicted octanol–water partition coefficient (Wildman–Crippen LogP) is 1.76. The van der Waals surface area contributed by atoms with Crippen molar-refractivity contribution >= 4 is 11.6 Å². The number of benzene rings is 1. The fraction of sp³-hybridized carbons (Fsp3) is 0.533. The van der Waals surface area contributed by atoms with E-state index in [1.54, 1.807) is 0 Å². The van der Waals surface area contributed by atoms with Gasteiger partial charge in [-0.05, 0) is 38.0 Å². The van der Waals surface area contributed by atoms with Crippen LogP contribution in [0.15, 0.2) is 23.2 Å². The highest BCUT2D eigenvalue weighted by Gasteiger charge is 2.19. The normalized spacial score (nSPS) is 16.9. The Morgan fingerprint density at radius 3 is 2.53 bits per heavy atom. The first-order chi connectivity index (χ1) is 9.13. The lowest BCUT2D eigenvalue weighted by molar-refractivity contribution is 0.381. The number of rotatable bonds is 2. The molecule has 1 aliphatic rings. The van der Waals surface area contributed by atoms with Crippen molar-refractivity contribution in [2.45, 2.75) is 20.8 Å². The van der Waals surface area contributed by atoms with Gasteiger partial charge >= 0.3 is 0 Å². The van der Waals surface area contributed by atoms with E-state index in [2.05, 4.69) is 46.8 Å². The van der Waals surface area contributed by atoms with Gasteiger partial charge in [-0.1, -0.05) is 12.1 Å². The molecular formula is C15H24N4. The van der Waals surface area contributed by atoms with Crippen LogP contribution in [0.2, 0.25) is 0 Å². The molecule has 4 heteroatoms. The van der Waals surface area contributed by atoms with Crippen LogP contribution >= 0.6 is 0 Å². The lowest BCUT2D eigenvalue weighted by Crippen LogP contribution is -2.51. The third-order valence-corrected chi connectivity index (χ3v) is 3.84. The highest BCUT2D eigenvalue weighted by atomic mass is 15.3. The second kappa shape index (κ2) is 5.95. The summed E-state index contributed by atoms with van der Waals surface area (Å²) in [5.41, 5.74) is 10.0. The van der Waals surface area contributed by atoms with Crippen molar-refractivity contribution in [3.8, 4) is 0 Å². The van der Waals surface area contributed by atoms with Gasteiger partial charge in [0.2, 0.25) is 0 Å². The highest BCUT2D eigenvalue weighted by molar-refractivity contribution is 5.78. The Morgan fingerprint density at radius 1 is 1.21 bits per heavy atom. The van der Waals surface area contributed by atoms with Gasteiger partial charge in [0.15, 0.2) is 5.96 Å². The molecule has 1 aliphatic heterocycles. The van der Waals surface area contributed by atoms with E-state index in [0.29, 0.717) is 5.96 Å². The van der Waals surface area contributed by atoms with Crippen LogP contribution in [-0.4, -0.2) is 43.6 Å². The van der Waals surface area contributed by atoms with Gasteiger partial charge in [0.05, 0.1) is 0 Å². The fourth-order valence-corrected chi connectivity index (χ4v) is 2.52. The second-order valence-corrected chi connectivity index (χ2v) is 5.03. The Labute approximate surface area is 115 Å². The van der Waals surface area contributed by atoms with Crippen LogP contribution in [0, 0.1) is 13.8 Å². The first kappa shape index (κ1) is 13.7. The molecule has 4 nitrogen and oxygen atoms in total. The Balaban J connectivity index is 2.04. The summed E-state index contributed by atoms with van der Waals surface area (Å²) in [7, 11) is 0. The minimum Gasteiger partial charge on any atom is -0.370 e. The third kappa shape index (κ3) is 3.00. The molecule has 1 heterocycles. The van der Waals surface area contributed by atoms with Crippen molar-refractivity contribution in [3.63, 3.8) is 0 Å². The first-order valence-electron chi connectivity index (χ1n) is 6.99. The summed E-state index contributed by atoms with van der Waals surface area (Å²) < 4.78 is 0. The summed E-state index contributed by atoms with van der Waals surface area (Å²) in [5, 5.41) is 0. The number of nitrogens with zero attached hydrogens (tertiary/aromatic N) is 3. The molecule has 0 spiro atoms. The minimum absolute atomic E-state index is 0.683. The molecule has 2 rings (SSSR count). The lowest BCUT2D eigenvalue weighted by Gasteiger charge is -2.37. The first-order valence-corrected chi connectivity index (χ1v) is 6.99.